The van der Waals surface area contributed by atoms with Crippen LogP contribution in [0.2, 0.25) is 0 Å². The van der Waals surface area contributed by atoms with Crippen molar-refractivity contribution >= 4 is 0 Å². The van der Waals surface area contributed by atoms with E-state index < -0.39 is 0 Å². The minimum Gasteiger partial charge on any atom is -0.487 e. The molecule has 0 spiro atoms. The fraction of sp³-hybridized carbons (Fsp3) is 0.667. The molecule has 1 aliphatic rings. The van der Waals surface area contributed by atoms with E-state index in [0.717, 1.165) is 13.0 Å². The zero-order chi connectivity index (χ0) is 13.0. The zero-order valence-corrected chi connectivity index (χ0v) is 10.8. The van der Waals surface area contributed by atoms with Crippen molar-refractivity contribution in [2.45, 2.75) is 25.3 Å². The molecule has 6 nitrogen and oxygen atoms in total. The van der Waals surface area contributed by atoms with E-state index in [1.165, 1.54) is 26.3 Å². The monoisotopic (exact) mass is 253 g/mol. The lowest BCUT2D eigenvalue weighted by Crippen LogP contribution is -2.26. The number of methoxy groups -OCH3 is 1. The molecule has 0 bridgehead atoms. The predicted molar refractivity (Wildman–Crippen MR) is 67.2 cm³/mol. The summed E-state index contributed by atoms with van der Waals surface area (Å²) < 4.78 is 10.5. The summed E-state index contributed by atoms with van der Waals surface area (Å²) in [5.74, 6) is 0.402. The van der Waals surface area contributed by atoms with Gasteiger partial charge in [-0.05, 0) is 32.9 Å². The SMILES string of the molecule is COc1c(OCCC2CCCN2C)nc[nH]c1=O. The van der Waals surface area contributed by atoms with Gasteiger partial charge in [0.25, 0.3) is 11.4 Å². The van der Waals surface area contributed by atoms with Gasteiger partial charge in [0, 0.05) is 6.04 Å². The van der Waals surface area contributed by atoms with Gasteiger partial charge in [0.2, 0.25) is 5.75 Å². The van der Waals surface area contributed by atoms with E-state index in [9.17, 15) is 4.79 Å². The van der Waals surface area contributed by atoms with Gasteiger partial charge in [-0.2, -0.15) is 0 Å². The van der Waals surface area contributed by atoms with E-state index in [0.29, 0.717) is 12.6 Å². The second-order valence-corrected chi connectivity index (χ2v) is 4.48. The molecule has 18 heavy (non-hydrogen) atoms. The summed E-state index contributed by atoms with van der Waals surface area (Å²) in [5.41, 5.74) is -0.319. The number of aromatic amines is 1. The summed E-state index contributed by atoms with van der Waals surface area (Å²) in [7, 11) is 3.56. The Labute approximate surface area is 106 Å². The number of hydrogen-bond acceptors (Lipinski definition) is 5. The second-order valence-electron chi connectivity index (χ2n) is 4.48. The lowest BCUT2D eigenvalue weighted by molar-refractivity contribution is 0.221. The van der Waals surface area contributed by atoms with Crippen molar-refractivity contribution in [2.24, 2.45) is 0 Å². The molecule has 2 heterocycles. The molecule has 1 N–H and O–H groups in total. The van der Waals surface area contributed by atoms with Crippen molar-refractivity contribution in [3.05, 3.63) is 16.7 Å². The van der Waals surface area contributed by atoms with Gasteiger partial charge in [-0.25, -0.2) is 4.98 Å². The number of likely N-dealkylation sites (tertiary alicyclic amines) is 1. The van der Waals surface area contributed by atoms with Crippen molar-refractivity contribution in [3.8, 4) is 11.6 Å². The van der Waals surface area contributed by atoms with E-state index in [-0.39, 0.29) is 17.2 Å². The third kappa shape index (κ3) is 2.81. The van der Waals surface area contributed by atoms with Gasteiger partial charge in [0.1, 0.15) is 0 Å². The first-order valence-corrected chi connectivity index (χ1v) is 6.17. The Hall–Kier alpha value is -1.56. The Balaban J connectivity index is 1.90. The molecular formula is C12H19N3O3. The van der Waals surface area contributed by atoms with Crippen LogP contribution in [0, 0.1) is 0 Å². The summed E-state index contributed by atoms with van der Waals surface area (Å²) in [4.78, 5) is 20.2. The molecule has 2 rings (SSSR count). The summed E-state index contributed by atoms with van der Waals surface area (Å²) >= 11 is 0. The lowest BCUT2D eigenvalue weighted by atomic mass is 10.1. The minimum absolute atomic E-state index is 0.136. The third-order valence-corrected chi connectivity index (χ3v) is 3.34. The molecule has 0 saturated carbocycles. The maximum atomic E-state index is 11.4. The molecule has 0 amide bonds. The van der Waals surface area contributed by atoms with Crippen LogP contribution < -0.4 is 15.0 Å². The van der Waals surface area contributed by atoms with Gasteiger partial charge in [0.15, 0.2) is 0 Å². The van der Waals surface area contributed by atoms with Crippen LogP contribution >= 0.6 is 0 Å². The number of aromatic nitrogens is 2. The van der Waals surface area contributed by atoms with Gasteiger partial charge in [-0.15, -0.1) is 0 Å². The normalized spacial score (nSPS) is 20.0. The summed E-state index contributed by atoms with van der Waals surface area (Å²) in [6.45, 7) is 1.69. The largest absolute Gasteiger partial charge is 0.487 e. The predicted octanol–water partition coefficient (Wildman–Crippen LogP) is 0.642. The van der Waals surface area contributed by atoms with Crippen LogP contribution in [0.25, 0.3) is 0 Å². The van der Waals surface area contributed by atoms with E-state index in [2.05, 4.69) is 21.9 Å². The van der Waals surface area contributed by atoms with Crippen molar-refractivity contribution in [1.82, 2.24) is 14.9 Å². The molecule has 100 valence electrons. The maximum Gasteiger partial charge on any atom is 0.297 e. The van der Waals surface area contributed by atoms with Crippen molar-refractivity contribution in [3.63, 3.8) is 0 Å². The Morgan fingerprint density at radius 2 is 2.44 bits per heavy atom. The van der Waals surface area contributed by atoms with Crippen LogP contribution in [0.5, 0.6) is 11.6 Å². The number of ether oxygens (including phenoxy) is 2. The van der Waals surface area contributed by atoms with E-state index in [4.69, 9.17) is 9.47 Å². The van der Waals surface area contributed by atoms with Crippen molar-refractivity contribution in [1.29, 1.82) is 0 Å². The molecule has 0 aromatic carbocycles. The molecule has 1 aromatic heterocycles. The Kier molecular flexibility index (Phi) is 4.19. The molecule has 1 saturated heterocycles. The van der Waals surface area contributed by atoms with E-state index in [1.54, 1.807) is 0 Å². The maximum absolute atomic E-state index is 11.4. The number of nitrogens with one attached hydrogen (secondary N) is 1. The van der Waals surface area contributed by atoms with Gasteiger partial charge in [-0.3, -0.25) is 4.79 Å². The molecule has 0 radical (unpaired) electrons. The molecule has 1 aliphatic heterocycles. The Morgan fingerprint density at radius 3 is 3.11 bits per heavy atom. The fourth-order valence-electron chi connectivity index (χ4n) is 2.29. The standard InChI is InChI=1S/C12H19N3O3/c1-15-6-3-4-9(15)5-7-18-12-10(17-2)11(16)13-8-14-12/h8-9H,3-7H2,1-2H3,(H,13,14,16). The van der Waals surface area contributed by atoms with Crippen molar-refractivity contribution < 1.29 is 9.47 Å². The number of hydrogen-bond donors (Lipinski definition) is 1. The minimum atomic E-state index is -0.319. The highest BCUT2D eigenvalue weighted by atomic mass is 16.5. The molecular weight excluding hydrogens is 234 g/mol. The summed E-state index contributed by atoms with van der Waals surface area (Å²) in [6.07, 6.45) is 4.71. The number of H-pyrrole nitrogens is 1. The van der Waals surface area contributed by atoms with Gasteiger partial charge in [0.05, 0.1) is 20.0 Å². The molecule has 1 aromatic rings. The highest BCUT2D eigenvalue weighted by molar-refractivity contribution is 5.29. The average Bonchev–Trinajstić information content (AvgIpc) is 2.75. The van der Waals surface area contributed by atoms with E-state index >= 15 is 0 Å². The molecule has 0 aliphatic carbocycles. The Morgan fingerprint density at radius 1 is 1.61 bits per heavy atom. The van der Waals surface area contributed by atoms with Gasteiger partial charge >= 0.3 is 0 Å². The number of rotatable bonds is 5. The van der Waals surface area contributed by atoms with Crippen LogP contribution in [0.15, 0.2) is 11.1 Å². The number of nitrogens with zero attached hydrogens (tertiary/aromatic N) is 2. The van der Waals surface area contributed by atoms with Gasteiger partial charge in [-0.1, -0.05) is 0 Å². The molecule has 1 fully saturated rings. The fourth-order valence-corrected chi connectivity index (χ4v) is 2.29. The van der Waals surface area contributed by atoms with Crippen molar-refractivity contribution in [2.75, 3.05) is 27.3 Å². The Bertz CT molecular complexity index is 446. The first-order chi connectivity index (χ1) is 8.72. The van der Waals surface area contributed by atoms with Crippen LogP contribution in [0.3, 0.4) is 0 Å². The highest BCUT2D eigenvalue weighted by Crippen LogP contribution is 2.20. The van der Waals surface area contributed by atoms with Crippen LogP contribution in [0.4, 0.5) is 0 Å². The summed E-state index contributed by atoms with van der Waals surface area (Å²) in [6, 6.07) is 0.568. The summed E-state index contributed by atoms with van der Waals surface area (Å²) in [5, 5.41) is 0. The average molecular weight is 253 g/mol. The van der Waals surface area contributed by atoms with Crippen LogP contribution in [-0.2, 0) is 0 Å². The quantitative estimate of drug-likeness (QED) is 0.834. The first kappa shape index (κ1) is 12.9. The van der Waals surface area contributed by atoms with Crippen LogP contribution in [0.1, 0.15) is 19.3 Å². The molecule has 1 unspecified atom stereocenters. The smallest absolute Gasteiger partial charge is 0.297 e. The lowest BCUT2D eigenvalue weighted by Gasteiger charge is -2.19. The molecule has 1 atom stereocenters. The zero-order valence-electron chi connectivity index (χ0n) is 10.8. The van der Waals surface area contributed by atoms with Crippen LogP contribution in [-0.4, -0.2) is 48.2 Å². The first-order valence-electron chi connectivity index (χ1n) is 6.17. The molecule has 6 heteroatoms. The van der Waals surface area contributed by atoms with E-state index in [1.807, 2.05) is 0 Å². The topological polar surface area (TPSA) is 67.5 Å². The third-order valence-electron chi connectivity index (χ3n) is 3.34. The second kappa shape index (κ2) is 5.86. The van der Waals surface area contributed by atoms with Gasteiger partial charge < -0.3 is 19.4 Å². The highest BCUT2D eigenvalue weighted by Gasteiger charge is 2.20.